The Bertz CT molecular complexity index is 649. The highest BCUT2D eigenvalue weighted by molar-refractivity contribution is 14.1. The molecule has 0 unspecified atom stereocenters. The summed E-state index contributed by atoms with van der Waals surface area (Å²) >= 11 is 2.24. The van der Waals surface area contributed by atoms with Crippen molar-refractivity contribution >= 4 is 34.4 Å². The zero-order valence-corrected chi connectivity index (χ0v) is 13.5. The van der Waals surface area contributed by atoms with Gasteiger partial charge in [0, 0.05) is 4.43 Å². The number of carbonyl (C=O) groups excluding carboxylic acids is 2. The predicted molar refractivity (Wildman–Crippen MR) is 89.8 cm³/mol. The molecule has 0 saturated heterocycles. The van der Waals surface area contributed by atoms with Crippen LogP contribution >= 0.6 is 22.6 Å². The van der Waals surface area contributed by atoms with Crippen molar-refractivity contribution in [3.05, 3.63) is 71.3 Å². The largest absolute Gasteiger partial charge is 0.270 e. The zero-order valence-electron chi connectivity index (χ0n) is 11.3. The molecule has 0 saturated carbocycles. The fourth-order valence-electron chi connectivity index (χ4n) is 2.64. The Morgan fingerprint density at radius 2 is 1.38 bits per heavy atom. The first-order valence-corrected chi connectivity index (χ1v) is 8.31. The molecule has 0 spiro atoms. The lowest BCUT2D eigenvalue weighted by molar-refractivity contribution is 0.0602. The third-order valence-electron chi connectivity index (χ3n) is 3.68. The van der Waals surface area contributed by atoms with E-state index in [0.717, 1.165) is 9.99 Å². The molecule has 3 rings (SSSR count). The Morgan fingerprint density at radius 3 is 1.90 bits per heavy atom. The average molecular weight is 391 g/mol. The molecular weight excluding hydrogens is 377 g/mol. The van der Waals surface area contributed by atoms with Crippen LogP contribution in [0.5, 0.6) is 0 Å². The molecule has 4 heteroatoms. The lowest BCUT2D eigenvalue weighted by Gasteiger charge is -2.24. The van der Waals surface area contributed by atoms with Crippen LogP contribution in [-0.2, 0) is 6.42 Å². The van der Waals surface area contributed by atoms with E-state index in [2.05, 4.69) is 22.6 Å². The van der Waals surface area contributed by atoms with E-state index in [-0.39, 0.29) is 17.9 Å². The van der Waals surface area contributed by atoms with Crippen LogP contribution in [0.4, 0.5) is 0 Å². The van der Waals surface area contributed by atoms with Crippen molar-refractivity contribution in [1.29, 1.82) is 0 Å². The monoisotopic (exact) mass is 391 g/mol. The van der Waals surface area contributed by atoms with Gasteiger partial charge in [0.15, 0.2) is 0 Å². The van der Waals surface area contributed by atoms with Crippen LogP contribution in [-0.4, -0.2) is 27.2 Å². The molecule has 21 heavy (non-hydrogen) atoms. The predicted octanol–water partition coefficient (Wildman–Crippen LogP) is 3.33. The third-order valence-corrected chi connectivity index (χ3v) is 4.70. The molecule has 0 fully saturated rings. The maximum atomic E-state index is 12.5. The van der Waals surface area contributed by atoms with Crippen LogP contribution in [0.1, 0.15) is 26.3 Å². The molecule has 0 N–H and O–H groups in total. The van der Waals surface area contributed by atoms with Crippen molar-refractivity contribution in [1.82, 2.24) is 4.90 Å². The molecule has 1 heterocycles. The minimum Gasteiger partial charge on any atom is -0.270 e. The van der Waals surface area contributed by atoms with Gasteiger partial charge in [-0.1, -0.05) is 65.1 Å². The van der Waals surface area contributed by atoms with Crippen LogP contribution in [0.2, 0.25) is 0 Å². The number of alkyl halides is 1. The molecule has 106 valence electrons. The molecular formula is C17H14INO2. The van der Waals surface area contributed by atoms with E-state index >= 15 is 0 Å². The maximum absolute atomic E-state index is 12.5. The summed E-state index contributed by atoms with van der Waals surface area (Å²) in [5.74, 6) is -0.346. The van der Waals surface area contributed by atoms with Gasteiger partial charge < -0.3 is 0 Å². The molecule has 1 aliphatic heterocycles. The Balaban J connectivity index is 1.89. The average Bonchev–Trinajstić information content (AvgIpc) is 2.78. The molecule has 1 aliphatic rings. The van der Waals surface area contributed by atoms with Gasteiger partial charge in [-0.2, -0.15) is 0 Å². The number of carbonyl (C=O) groups is 2. The first kappa shape index (κ1) is 14.3. The number of hydrogen-bond donors (Lipinski definition) is 0. The summed E-state index contributed by atoms with van der Waals surface area (Å²) in [6, 6.07) is 16.9. The second-order valence-electron chi connectivity index (χ2n) is 5.02. The normalized spacial score (nSPS) is 15.2. The van der Waals surface area contributed by atoms with Crippen LogP contribution in [0, 0.1) is 0 Å². The van der Waals surface area contributed by atoms with Gasteiger partial charge in [-0.05, 0) is 24.1 Å². The van der Waals surface area contributed by atoms with Crippen LogP contribution < -0.4 is 0 Å². The van der Waals surface area contributed by atoms with Gasteiger partial charge in [0.25, 0.3) is 11.8 Å². The number of benzene rings is 2. The van der Waals surface area contributed by atoms with Gasteiger partial charge in [-0.3, -0.25) is 14.5 Å². The van der Waals surface area contributed by atoms with Crippen LogP contribution in [0.25, 0.3) is 0 Å². The summed E-state index contributed by atoms with van der Waals surface area (Å²) in [4.78, 5) is 26.4. The molecule has 0 aliphatic carbocycles. The number of imide groups is 1. The van der Waals surface area contributed by atoms with Gasteiger partial charge in [0.05, 0.1) is 17.2 Å². The van der Waals surface area contributed by atoms with E-state index in [1.807, 2.05) is 30.3 Å². The summed E-state index contributed by atoms with van der Waals surface area (Å²) in [5, 5.41) is 0. The van der Waals surface area contributed by atoms with Crippen molar-refractivity contribution in [2.24, 2.45) is 0 Å². The van der Waals surface area contributed by atoms with Crippen molar-refractivity contribution < 1.29 is 9.59 Å². The summed E-state index contributed by atoms with van der Waals surface area (Å²) in [6.45, 7) is 0. The summed E-state index contributed by atoms with van der Waals surface area (Å²) < 4.78 is 0.720. The fourth-order valence-corrected chi connectivity index (χ4v) is 3.35. The van der Waals surface area contributed by atoms with Crippen molar-refractivity contribution in [3.63, 3.8) is 0 Å². The van der Waals surface area contributed by atoms with E-state index in [4.69, 9.17) is 0 Å². The summed E-state index contributed by atoms with van der Waals surface area (Å²) in [5.41, 5.74) is 2.17. The molecule has 2 amide bonds. The van der Waals surface area contributed by atoms with Crippen LogP contribution in [0.3, 0.4) is 0 Å². The molecule has 3 nitrogen and oxygen atoms in total. The highest BCUT2D eigenvalue weighted by Gasteiger charge is 2.39. The van der Waals surface area contributed by atoms with Gasteiger partial charge in [0.1, 0.15) is 0 Å². The summed E-state index contributed by atoms with van der Waals surface area (Å²) in [6.07, 6.45) is 0.690. The third kappa shape index (κ3) is 2.60. The standard InChI is InChI=1S/C17H14INO2/c18-11-13(10-12-6-2-1-3-7-12)19-16(20)14-8-4-5-9-15(14)17(19)21/h1-9,13H,10-11H2/t13-/m0/s1. The minimum atomic E-state index is -0.173. The fraction of sp³-hybridized carbons (Fsp3) is 0.176. The second kappa shape index (κ2) is 5.97. The van der Waals surface area contributed by atoms with Crippen molar-refractivity contribution in [2.45, 2.75) is 12.5 Å². The molecule has 0 bridgehead atoms. The van der Waals surface area contributed by atoms with E-state index in [1.54, 1.807) is 24.3 Å². The van der Waals surface area contributed by atoms with Gasteiger partial charge in [-0.15, -0.1) is 0 Å². The molecule has 2 aromatic carbocycles. The number of rotatable bonds is 4. The Labute approximate surface area is 137 Å². The highest BCUT2D eigenvalue weighted by Crippen LogP contribution is 2.26. The Morgan fingerprint density at radius 1 is 0.857 bits per heavy atom. The lowest BCUT2D eigenvalue weighted by Crippen LogP contribution is -2.42. The summed E-state index contributed by atoms with van der Waals surface area (Å²) in [7, 11) is 0. The van der Waals surface area contributed by atoms with Crippen LogP contribution in [0.15, 0.2) is 54.6 Å². The Hall–Kier alpha value is -1.69. The van der Waals surface area contributed by atoms with Crippen molar-refractivity contribution in [2.75, 3.05) is 4.43 Å². The molecule has 2 aromatic rings. The zero-order chi connectivity index (χ0) is 14.8. The minimum absolute atomic E-state index is 0.111. The number of halogens is 1. The maximum Gasteiger partial charge on any atom is 0.261 e. The smallest absolute Gasteiger partial charge is 0.261 e. The second-order valence-corrected chi connectivity index (χ2v) is 5.90. The van der Waals surface area contributed by atoms with Gasteiger partial charge in [-0.25, -0.2) is 0 Å². The Kier molecular flexibility index (Phi) is 4.05. The molecule has 0 radical (unpaired) electrons. The van der Waals surface area contributed by atoms with E-state index in [9.17, 15) is 9.59 Å². The lowest BCUT2D eigenvalue weighted by atomic mass is 10.1. The van der Waals surface area contributed by atoms with Crippen molar-refractivity contribution in [3.8, 4) is 0 Å². The SMILES string of the molecule is O=C1c2ccccc2C(=O)N1[C@H](CI)Cc1ccccc1. The molecule has 1 atom stereocenters. The van der Waals surface area contributed by atoms with E-state index in [1.165, 1.54) is 4.90 Å². The number of nitrogens with zero attached hydrogens (tertiary/aromatic N) is 1. The van der Waals surface area contributed by atoms with Gasteiger partial charge >= 0.3 is 0 Å². The first-order valence-electron chi connectivity index (χ1n) is 6.79. The topological polar surface area (TPSA) is 37.4 Å². The quantitative estimate of drug-likeness (QED) is 0.456. The van der Waals surface area contributed by atoms with E-state index in [0.29, 0.717) is 17.5 Å². The van der Waals surface area contributed by atoms with Gasteiger partial charge in [0.2, 0.25) is 0 Å². The highest BCUT2D eigenvalue weighted by atomic mass is 127. The molecule has 0 aromatic heterocycles. The number of amides is 2. The number of fused-ring (bicyclic) bond motifs is 1. The number of hydrogen-bond acceptors (Lipinski definition) is 2. The first-order chi connectivity index (χ1) is 10.2. The van der Waals surface area contributed by atoms with E-state index < -0.39 is 0 Å².